The van der Waals surface area contributed by atoms with E-state index in [1.807, 2.05) is 0 Å². The molecular formula is C11H19NO4. The lowest BCUT2D eigenvalue weighted by Crippen LogP contribution is -2.56. The number of hydrogen-bond acceptors (Lipinski definition) is 3. The van der Waals surface area contributed by atoms with Gasteiger partial charge in [0.1, 0.15) is 5.54 Å². The summed E-state index contributed by atoms with van der Waals surface area (Å²) in [4.78, 5) is 24.4. The van der Waals surface area contributed by atoms with Crippen LogP contribution in [0.1, 0.15) is 33.1 Å². The molecule has 0 spiro atoms. The molecule has 1 atom stereocenters. The molecule has 0 aliphatic heterocycles. The summed E-state index contributed by atoms with van der Waals surface area (Å²) in [7, 11) is 1.53. The number of carboxylic acids is 1. The Hall–Kier alpha value is -1.10. The van der Waals surface area contributed by atoms with Crippen LogP contribution in [-0.2, 0) is 14.3 Å². The molecule has 0 aromatic heterocycles. The van der Waals surface area contributed by atoms with Crippen molar-refractivity contribution in [3.63, 3.8) is 0 Å². The third-order valence-corrected chi connectivity index (χ3v) is 3.04. The highest BCUT2D eigenvalue weighted by atomic mass is 16.5. The second-order valence-electron chi connectivity index (χ2n) is 4.44. The maximum absolute atomic E-state index is 11.6. The van der Waals surface area contributed by atoms with Crippen molar-refractivity contribution in [1.29, 1.82) is 0 Å². The summed E-state index contributed by atoms with van der Waals surface area (Å²) in [6, 6.07) is 0.0930. The highest BCUT2D eigenvalue weighted by Gasteiger charge is 2.47. The largest absolute Gasteiger partial charge is 0.480 e. The van der Waals surface area contributed by atoms with E-state index < -0.39 is 11.5 Å². The van der Waals surface area contributed by atoms with Gasteiger partial charge in [0.05, 0.1) is 0 Å². The van der Waals surface area contributed by atoms with Gasteiger partial charge in [-0.05, 0) is 19.8 Å². The van der Waals surface area contributed by atoms with E-state index in [1.54, 1.807) is 6.92 Å². The van der Waals surface area contributed by atoms with Gasteiger partial charge in [-0.3, -0.25) is 4.79 Å². The molecule has 1 aliphatic carbocycles. The minimum atomic E-state index is -1.15. The Morgan fingerprint density at radius 2 is 2.06 bits per heavy atom. The molecule has 5 nitrogen and oxygen atoms in total. The number of rotatable bonds is 6. The number of carbonyl (C=O) groups is 2. The Labute approximate surface area is 95.4 Å². The van der Waals surface area contributed by atoms with Crippen LogP contribution in [0.4, 0.5) is 0 Å². The highest BCUT2D eigenvalue weighted by Crippen LogP contribution is 2.34. The fourth-order valence-electron chi connectivity index (χ4n) is 1.97. The zero-order valence-electron chi connectivity index (χ0n) is 10.0. The molecular weight excluding hydrogens is 210 g/mol. The van der Waals surface area contributed by atoms with E-state index in [1.165, 1.54) is 18.9 Å². The molecule has 0 heterocycles. The first kappa shape index (κ1) is 13.0. The summed E-state index contributed by atoms with van der Waals surface area (Å²) in [6.07, 6.45) is 2.11. The summed E-state index contributed by atoms with van der Waals surface area (Å²) < 4.78 is 4.92. The quantitative estimate of drug-likeness (QED) is 0.734. The van der Waals surface area contributed by atoms with Crippen molar-refractivity contribution >= 4 is 11.9 Å². The maximum Gasteiger partial charge on any atom is 0.329 e. The molecule has 0 radical (unpaired) electrons. The summed E-state index contributed by atoms with van der Waals surface area (Å²) in [5, 5.41) is 9.31. The number of aliphatic carboxylic acids is 1. The lowest BCUT2D eigenvalue weighted by Gasteiger charge is -2.37. The molecule has 1 rings (SSSR count). The van der Waals surface area contributed by atoms with Crippen LogP contribution in [0.25, 0.3) is 0 Å². The van der Waals surface area contributed by atoms with Crippen molar-refractivity contribution in [2.75, 3.05) is 13.7 Å². The Balaban J connectivity index is 2.87. The number of carbonyl (C=O) groups excluding carboxylic acids is 1. The van der Waals surface area contributed by atoms with E-state index in [2.05, 4.69) is 0 Å². The standard InChI is InChI=1S/C11H19NO4/c1-8(13)12(9-4-5-9)11(2,10(14)15)6-7-16-3/h9H,4-7H2,1-3H3,(H,14,15). The van der Waals surface area contributed by atoms with Crippen LogP contribution >= 0.6 is 0 Å². The zero-order valence-corrected chi connectivity index (χ0v) is 10.0. The minimum Gasteiger partial charge on any atom is -0.480 e. The van der Waals surface area contributed by atoms with Gasteiger partial charge in [0, 0.05) is 33.1 Å². The van der Waals surface area contributed by atoms with Gasteiger partial charge in [-0.2, -0.15) is 0 Å². The topological polar surface area (TPSA) is 66.8 Å². The Morgan fingerprint density at radius 3 is 2.38 bits per heavy atom. The molecule has 1 fully saturated rings. The van der Waals surface area contributed by atoms with Gasteiger partial charge >= 0.3 is 5.97 Å². The predicted molar refractivity (Wildman–Crippen MR) is 58.1 cm³/mol. The summed E-state index contributed by atoms with van der Waals surface area (Å²) >= 11 is 0. The lowest BCUT2D eigenvalue weighted by molar-refractivity contribution is -0.159. The van der Waals surface area contributed by atoms with E-state index in [-0.39, 0.29) is 11.9 Å². The van der Waals surface area contributed by atoms with Crippen LogP contribution in [0.15, 0.2) is 0 Å². The first-order valence-corrected chi connectivity index (χ1v) is 5.45. The van der Waals surface area contributed by atoms with Gasteiger partial charge in [-0.1, -0.05) is 0 Å². The number of nitrogens with zero attached hydrogens (tertiary/aromatic N) is 1. The van der Waals surface area contributed by atoms with Gasteiger partial charge in [0.15, 0.2) is 0 Å². The van der Waals surface area contributed by atoms with Gasteiger partial charge in [-0.15, -0.1) is 0 Å². The molecule has 0 saturated heterocycles. The van der Waals surface area contributed by atoms with Crippen LogP contribution in [-0.4, -0.2) is 47.2 Å². The third kappa shape index (κ3) is 2.52. The number of methoxy groups -OCH3 is 1. The second-order valence-corrected chi connectivity index (χ2v) is 4.44. The molecule has 0 aromatic rings. The van der Waals surface area contributed by atoms with E-state index >= 15 is 0 Å². The molecule has 0 aromatic carbocycles. The fraction of sp³-hybridized carbons (Fsp3) is 0.818. The van der Waals surface area contributed by atoms with Crippen molar-refractivity contribution in [2.45, 2.75) is 44.7 Å². The van der Waals surface area contributed by atoms with Crippen molar-refractivity contribution in [1.82, 2.24) is 4.90 Å². The SMILES string of the molecule is COCCC(C)(C(=O)O)N(C(C)=O)C1CC1. The van der Waals surface area contributed by atoms with Crippen molar-refractivity contribution in [2.24, 2.45) is 0 Å². The Kier molecular flexibility index (Phi) is 3.91. The fourth-order valence-corrected chi connectivity index (χ4v) is 1.97. The summed E-state index contributed by atoms with van der Waals surface area (Å²) in [5.74, 6) is -1.14. The van der Waals surface area contributed by atoms with Crippen LogP contribution in [0, 0.1) is 0 Å². The van der Waals surface area contributed by atoms with Crippen molar-refractivity contribution in [3.8, 4) is 0 Å². The number of ether oxygens (including phenoxy) is 1. The molecule has 1 amide bonds. The molecule has 0 bridgehead atoms. The van der Waals surface area contributed by atoms with Crippen LogP contribution < -0.4 is 0 Å². The lowest BCUT2D eigenvalue weighted by atomic mass is 9.95. The maximum atomic E-state index is 11.6. The van der Waals surface area contributed by atoms with Gasteiger partial charge in [-0.25, -0.2) is 4.79 Å². The van der Waals surface area contributed by atoms with Crippen LogP contribution in [0.5, 0.6) is 0 Å². The van der Waals surface area contributed by atoms with Gasteiger partial charge in [0.2, 0.25) is 5.91 Å². The average Bonchev–Trinajstić information content (AvgIpc) is 2.98. The Bertz CT molecular complexity index is 288. The number of carboxylic acid groups (broad SMARTS) is 1. The minimum absolute atomic E-state index is 0.0930. The van der Waals surface area contributed by atoms with Crippen LogP contribution in [0.3, 0.4) is 0 Å². The summed E-state index contributed by atoms with van der Waals surface area (Å²) in [6.45, 7) is 3.35. The first-order chi connectivity index (χ1) is 7.43. The van der Waals surface area contributed by atoms with E-state index in [0.29, 0.717) is 13.0 Å². The molecule has 1 unspecified atom stereocenters. The average molecular weight is 229 g/mol. The number of hydrogen-bond donors (Lipinski definition) is 1. The molecule has 5 heteroatoms. The molecule has 1 N–H and O–H groups in total. The Morgan fingerprint density at radius 1 is 1.50 bits per heavy atom. The molecule has 1 aliphatic rings. The smallest absolute Gasteiger partial charge is 0.329 e. The van der Waals surface area contributed by atoms with E-state index in [9.17, 15) is 14.7 Å². The molecule has 16 heavy (non-hydrogen) atoms. The molecule has 92 valence electrons. The zero-order chi connectivity index (χ0) is 12.3. The second kappa shape index (κ2) is 4.82. The highest BCUT2D eigenvalue weighted by molar-refractivity contribution is 5.86. The monoisotopic (exact) mass is 229 g/mol. The van der Waals surface area contributed by atoms with Crippen molar-refractivity contribution in [3.05, 3.63) is 0 Å². The third-order valence-electron chi connectivity index (χ3n) is 3.04. The summed E-state index contributed by atoms with van der Waals surface area (Å²) in [5.41, 5.74) is -1.15. The molecule has 1 saturated carbocycles. The van der Waals surface area contributed by atoms with Gasteiger partial charge < -0.3 is 14.7 Å². The van der Waals surface area contributed by atoms with E-state index in [0.717, 1.165) is 12.8 Å². The van der Waals surface area contributed by atoms with Gasteiger partial charge in [0.25, 0.3) is 0 Å². The number of amides is 1. The van der Waals surface area contributed by atoms with Crippen LogP contribution in [0.2, 0.25) is 0 Å². The van der Waals surface area contributed by atoms with E-state index in [4.69, 9.17) is 4.74 Å². The van der Waals surface area contributed by atoms with Crippen molar-refractivity contribution < 1.29 is 19.4 Å². The normalized spacial score (nSPS) is 18.9. The predicted octanol–water partition coefficient (Wildman–Crippen LogP) is 0.877. The first-order valence-electron chi connectivity index (χ1n) is 5.45.